The summed E-state index contributed by atoms with van der Waals surface area (Å²) in [5.74, 6) is -0.191. The zero-order chi connectivity index (χ0) is 18.3. The van der Waals surface area contributed by atoms with Crippen molar-refractivity contribution < 1.29 is 9.18 Å². The fourth-order valence-electron chi connectivity index (χ4n) is 4.03. The van der Waals surface area contributed by atoms with Crippen LogP contribution in [0.15, 0.2) is 18.2 Å². The Hall–Kier alpha value is -2.63. The third-order valence-electron chi connectivity index (χ3n) is 5.39. The lowest BCUT2D eigenvalue weighted by molar-refractivity contribution is -0.121. The molecule has 0 spiro atoms. The van der Waals surface area contributed by atoms with Gasteiger partial charge in [0.05, 0.1) is 11.7 Å². The number of aromatic nitrogens is 3. The van der Waals surface area contributed by atoms with Gasteiger partial charge in [0.15, 0.2) is 0 Å². The molecule has 2 heterocycles. The van der Waals surface area contributed by atoms with E-state index in [0.717, 1.165) is 58.4 Å². The van der Waals surface area contributed by atoms with E-state index in [1.807, 2.05) is 13.8 Å². The number of fused-ring (bicyclic) bond motifs is 3. The van der Waals surface area contributed by atoms with E-state index in [9.17, 15) is 9.18 Å². The van der Waals surface area contributed by atoms with Crippen molar-refractivity contribution in [3.63, 3.8) is 0 Å². The molecule has 0 unspecified atom stereocenters. The number of rotatable bonds is 4. The lowest BCUT2D eigenvalue weighted by Gasteiger charge is -2.24. The maximum atomic E-state index is 13.6. The zero-order valence-corrected chi connectivity index (χ0v) is 15.1. The number of nitrogens with zero attached hydrogens (tertiary/aromatic N) is 1. The quantitative estimate of drug-likeness (QED) is 0.667. The molecule has 0 aliphatic heterocycles. The molecule has 1 amide bonds. The number of hydrogen-bond acceptors (Lipinski definition) is 2. The van der Waals surface area contributed by atoms with E-state index in [4.69, 9.17) is 0 Å². The molecule has 3 aromatic rings. The van der Waals surface area contributed by atoms with Gasteiger partial charge in [-0.15, -0.1) is 0 Å². The fraction of sp³-hybridized carbons (Fsp3) is 0.400. The van der Waals surface area contributed by atoms with E-state index in [-0.39, 0.29) is 17.8 Å². The predicted molar refractivity (Wildman–Crippen MR) is 98.5 cm³/mol. The van der Waals surface area contributed by atoms with Crippen molar-refractivity contribution in [2.24, 2.45) is 0 Å². The molecule has 0 saturated heterocycles. The highest BCUT2D eigenvalue weighted by Crippen LogP contribution is 2.35. The number of carbonyl (C=O) groups excluding carboxylic acids is 1. The van der Waals surface area contributed by atoms with E-state index < -0.39 is 0 Å². The summed E-state index contributed by atoms with van der Waals surface area (Å²) in [6.45, 7) is 3.93. The number of benzene rings is 1. The van der Waals surface area contributed by atoms with Crippen LogP contribution < -0.4 is 5.32 Å². The summed E-state index contributed by atoms with van der Waals surface area (Å²) in [6, 6.07) is 4.78. The first-order valence-corrected chi connectivity index (χ1v) is 9.12. The molecule has 1 aliphatic carbocycles. The van der Waals surface area contributed by atoms with Gasteiger partial charge in [0.25, 0.3) is 0 Å². The molecular weight excluding hydrogens is 331 g/mol. The van der Waals surface area contributed by atoms with Crippen LogP contribution in [0.3, 0.4) is 0 Å². The van der Waals surface area contributed by atoms with Crippen LogP contribution >= 0.6 is 0 Å². The Labute approximate surface area is 151 Å². The molecule has 0 fully saturated rings. The number of nitrogens with one attached hydrogen (secondary N) is 3. The van der Waals surface area contributed by atoms with E-state index in [1.165, 1.54) is 6.07 Å². The number of halogens is 1. The summed E-state index contributed by atoms with van der Waals surface area (Å²) < 4.78 is 13.6. The molecule has 6 heteroatoms. The van der Waals surface area contributed by atoms with Gasteiger partial charge in [-0.25, -0.2) is 4.39 Å². The summed E-state index contributed by atoms with van der Waals surface area (Å²) in [4.78, 5) is 15.9. The smallest absolute Gasteiger partial charge is 0.220 e. The lowest BCUT2D eigenvalue weighted by atomic mass is 9.91. The number of aromatic amines is 2. The second-order valence-electron chi connectivity index (χ2n) is 7.13. The molecule has 4 rings (SSSR count). The van der Waals surface area contributed by atoms with Crippen LogP contribution in [0.1, 0.15) is 53.5 Å². The van der Waals surface area contributed by atoms with Crippen LogP contribution in [-0.2, 0) is 17.6 Å². The van der Waals surface area contributed by atoms with Gasteiger partial charge in [0.2, 0.25) is 5.91 Å². The van der Waals surface area contributed by atoms with Crippen LogP contribution in [0.4, 0.5) is 4.39 Å². The van der Waals surface area contributed by atoms with Crippen molar-refractivity contribution >= 4 is 16.8 Å². The highest BCUT2D eigenvalue weighted by atomic mass is 19.1. The number of H-pyrrole nitrogens is 2. The van der Waals surface area contributed by atoms with E-state index in [1.54, 1.807) is 12.1 Å². The zero-order valence-electron chi connectivity index (χ0n) is 15.1. The highest BCUT2D eigenvalue weighted by Gasteiger charge is 2.25. The van der Waals surface area contributed by atoms with Crippen molar-refractivity contribution in [1.29, 1.82) is 0 Å². The Balaban J connectivity index is 1.49. The molecule has 136 valence electrons. The van der Waals surface area contributed by atoms with E-state index in [0.29, 0.717) is 12.8 Å². The Morgan fingerprint density at radius 1 is 1.38 bits per heavy atom. The molecule has 1 aliphatic rings. The topological polar surface area (TPSA) is 73.6 Å². The molecule has 26 heavy (non-hydrogen) atoms. The number of carbonyl (C=O) groups is 1. The number of amides is 1. The maximum Gasteiger partial charge on any atom is 0.220 e. The van der Waals surface area contributed by atoms with Crippen LogP contribution in [-0.4, -0.2) is 21.1 Å². The first-order chi connectivity index (χ1) is 12.5. The maximum absolute atomic E-state index is 13.6. The Morgan fingerprint density at radius 3 is 3.00 bits per heavy atom. The van der Waals surface area contributed by atoms with Gasteiger partial charge in [-0.1, -0.05) is 0 Å². The third-order valence-corrected chi connectivity index (χ3v) is 5.39. The van der Waals surface area contributed by atoms with E-state index in [2.05, 4.69) is 20.5 Å². The Bertz CT molecular complexity index is 952. The number of aryl methyl sites for hydroxylation is 3. The third kappa shape index (κ3) is 3.00. The fourth-order valence-corrected chi connectivity index (χ4v) is 4.03. The minimum absolute atomic E-state index is 0.0340. The van der Waals surface area contributed by atoms with Crippen molar-refractivity contribution in [3.8, 4) is 0 Å². The summed E-state index contributed by atoms with van der Waals surface area (Å²) in [5.41, 5.74) is 6.19. The van der Waals surface area contributed by atoms with Crippen LogP contribution in [0.5, 0.6) is 0 Å². The SMILES string of the molecule is Cc1n[nH]c(C)c1CCC(=O)N[C@H]1CCCc2c1[nH]c1ccc(F)cc21. The minimum atomic E-state index is -0.226. The Morgan fingerprint density at radius 2 is 2.23 bits per heavy atom. The molecule has 5 nitrogen and oxygen atoms in total. The summed E-state index contributed by atoms with van der Waals surface area (Å²) >= 11 is 0. The van der Waals surface area contributed by atoms with Gasteiger partial charge in [-0.2, -0.15) is 5.10 Å². The molecule has 1 atom stereocenters. The molecule has 0 saturated carbocycles. The van der Waals surface area contributed by atoms with Gasteiger partial charge in [0.1, 0.15) is 5.82 Å². The molecule has 2 aromatic heterocycles. The van der Waals surface area contributed by atoms with Gasteiger partial charge in [-0.3, -0.25) is 9.89 Å². The first-order valence-electron chi connectivity index (χ1n) is 9.12. The van der Waals surface area contributed by atoms with Crippen LogP contribution in [0.2, 0.25) is 0 Å². The van der Waals surface area contributed by atoms with Gasteiger partial charge in [0, 0.05) is 28.7 Å². The normalized spacial score (nSPS) is 16.7. The summed E-state index contributed by atoms with van der Waals surface area (Å²) in [7, 11) is 0. The van der Waals surface area contributed by atoms with Gasteiger partial charge >= 0.3 is 0 Å². The standard InChI is InChI=1S/C20H23FN4O/c1-11-14(12(2)25-24-11)7-9-19(26)22-18-5-3-4-15-16-10-13(21)6-8-17(16)23-20(15)18/h6,8,10,18,23H,3-5,7,9H2,1-2H3,(H,22,26)(H,24,25)/t18-/m0/s1. The average molecular weight is 354 g/mol. The van der Waals surface area contributed by atoms with E-state index >= 15 is 0 Å². The average Bonchev–Trinajstić information content (AvgIpc) is 3.14. The first kappa shape index (κ1) is 16.8. The minimum Gasteiger partial charge on any atom is -0.356 e. The molecule has 0 radical (unpaired) electrons. The Kier molecular flexibility index (Phi) is 4.26. The lowest BCUT2D eigenvalue weighted by Crippen LogP contribution is -2.31. The predicted octanol–water partition coefficient (Wildman–Crippen LogP) is 3.77. The molecule has 1 aromatic carbocycles. The largest absolute Gasteiger partial charge is 0.356 e. The number of hydrogen-bond donors (Lipinski definition) is 3. The van der Waals surface area contributed by atoms with Crippen LogP contribution in [0.25, 0.3) is 10.9 Å². The second-order valence-corrected chi connectivity index (χ2v) is 7.13. The molecule has 3 N–H and O–H groups in total. The van der Waals surface area contributed by atoms with Crippen LogP contribution in [0, 0.1) is 19.7 Å². The monoisotopic (exact) mass is 354 g/mol. The molecule has 0 bridgehead atoms. The van der Waals surface area contributed by atoms with Crippen molar-refractivity contribution in [2.45, 2.75) is 52.0 Å². The van der Waals surface area contributed by atoms with Gasteiger partial charge < -0.3 is 10.3 Å². The second kappa shape index (κ2) is 6.59. The summed E-state index contributed by atoms with van der Waals surface area (Å²) in [5, 5.41) is 11.2. The molecular formula is C20H23FN4O. The van der Waals surface area contributed by atoms with Crippen molar-refractivity contribution in [2.75, 3.05) is 0 Å². The highest BCUT2D eigenvalue weighted by molar-refractivity contribution is 5.85. The van der Waals surface area contributed by atoms with Gasteiger partial charge in [-0.05, 0) is 68.9 Å². The summed E-state index contributed by atoms with van der Waals surface area (Å²) in [6.07, 6.45) is 3.91. The van der Waals surface area contributed by atoms with Crippen molar-refractivity contribution in [3.05, 3.63) is 52.2 Å². The van der Waals surface area contributed by atoms with Crippen molar-refractivity contribution in [1.82, 2.24) is 20.5 Å².